The SMILES string of the molecule is CCCCC(NCC1CCCS1)c1ccccc1. The van der Waals surface area contributed by atoms with Crippen molar-refractivity contribution in [3.05, 3.63) is 35.9 Å². The first kappa shape index (κ1) is 14.0. The maximum atomic E-state index is 3.79. The Morgan fingerprint density at radius 1 is 1.33 bits per heavy atom. The van der Waals surface area contributed by atoms with Crippen LogP contribution in [-0.2, 0) is 0 Å². The molecule has 0 saturated carbocycles. The molecule has 1 fully saturated rings. The third-order valence-corrected chi connectivity index (χ3v) is 5.06. The zero-order valence-electron chi connectivity index (χ0n) is 11.4. The Morgan fingerprint density at radius 2 is 2.17 bits per heavy atom. The standard InChI is InChI=1S/C16H25NS/c1-2-3-11-16(14-8-5-4-6-9-14)17-13-15-10-7-12-18-15/h4-6,8-9,15-17H,2-3,7,10-13H2,1H3. The van der Waals surface area contributed by atoms with Crippen LogP contribution >= 0.6 is 11.8 Å². The van der Waals surface area contributed by atoms with E-state index in [0.717, 1.165) is 5.25 Å². The van der Waals surface area contributed by atoms with E-state index in [-0.39, 0.29) is 0 Å². The second kappa shape index (κ2) is 7.85. The summed E-state index contributed by atoms with van der Waals surface area (Å²) in [5, 5.41) is 4.64. The highest BCUT2D eigenvalue weighted by Gasteiger charge is 2.17. The average Bonchev–Trinajstić information content (AvgIpc) is 2.93. The molecular weight excluding hydrogens is 238 g/mol. The van der Waals surface area contributed by atoms with E-state index in [9.17, 15) is 0 Å². The molecule has 0 spiro atoms. The molecule has 18 heavy (non-hydrogen) atoms. The van der Waals surface area contributed by atoms with Crippen LogP contribution in [0.25, 0.3) is 0 Å². The molecule has 1 N–H and O–H groups in total. The molecule has 1 heterocycles. The van der Waals surface area contributed by atoms with E-state index < -0.39 is 0 Å². The molecular formula is C16H25NS. The predicted molar refractivity (Wildman–Crippen MR) is 82.2 cm³/mol. The number of rotatable bonds is 7. The average molecular weight is 263 g/mol. The Hall–Kier alpha value is -0.470. The Morgan fingerprint density at radius 3 is 2.83 bits per heavy atom. The van der Waals surface area contributed by atoms with Crippen molar-refractivity contribution in [1.29, 1.82) is 0 Å². The molecule has 1 aromatic carbocycles. The number of thioether (sulfide) groups is 1. The monoisotopic (exact) mass is 263 g/mol. The minimum absolute atomic E-state index is 0.548. The van der Waals surface area contributed by atoms with Crippen LogP contribution in [0.3, 0.4) is 0 Å². The van der Waals surface area contributed by atoms with Crippen LogP contribution in [0.4, 0.5) is 0 Å². The first-order chi connectivity index (χ1) is 8.90. The van der Waals surface area contributed by atoms with Gasteiger partial charge in [-0.1, -0.05) is 50.1 Å². The van der Waals surface area contributed by atoms with Crippen LogP contribution in [0.2, 0.25) is 0 Å². The molecule has 2 atom stereocenters. The van der Waals surface area contributed by atoms with Crippen molar-refractivity contribution in [3.63, 3.8) is 0 Å². The van der Waals surface area contributed by atoms with Gasteiger partial charge in [0, 0.05) is 17.8 Å². The summed E-state index contributed by atoms with van der Waals surface area (Å²) in [4.78, 5) is 0. The molecule has 1 nitrogen and oxygen atoms in total. The lowest BCUT2D eigenvalue weighted by molar-refractivity contribution is 0.477. The summed E-state index contributed by atoms with van der Waals surface area (Å²) in [6, 6.07) is 11.5. The van der Waals surface area contributed by atoms with Gasteiger partial charge in [0.15, 0.2) is 0 Å². The van der Waals surface area contributed by atoms with Gasteiger partial charge in [0.1, 0.15) is 0 Å². The van der Waals surface area contributed by atoms with Crippen LogP contribution in [0.15, 0.2) is 30.3 Å². The molecule has 1 aliphatic heterocycles. The maximum Gasteiger partial charge on any atom is 0.0320 e. The Balaban J connectivity index is 1.87. The van der Waals surface area contributed by atoms with E-state index in [1.807, 2.05) is 0 Å². The normalized spacial score (nSPS) is 21.1. The van der Waals surface area contributed by atoms with Gasteiger partial charge in [-0.05, 0) is 30.6 Å². The summed E-state index contributed by atoms with van der Waals surface area (Å²) >= 11 is 2.14. The van der Waals surface area contributed by atoms with Gasteiger partial charge in [0.2, 0.25) is 0 Å². The smallest absolute Gasteiger partial charge is 0.0320 e. The Kier molecular flexibility index (Phi) is 6.09. The first-order valence-electron chi connectivity index (χ1n) is 7.30. The molecule has 0 aliphatic carbocycles. The van der Waals surface area contributed by atoms with E-state index in [1.165, 1.54) is 50.0 Å². The topological polar surface area (TPSA) is 12.0 Å². The maximum absolute atomic E-state index is 3.79. The van der Waals surface area contributed by atoms with Gasteiger partial charge >= 0.3 is 0 Å². The minimum atomic E-state index is 0.548. The summed E-state index contributed by atoms with van der Waals surface area (Å²) in [6.45, 7) is 3.45. The molecule has 2 heteroatoms. The second-order valence-corrected chi connectivity index (χ2v) is 6.56. The molecule has 0 bridgehead atoms. The largest absolute Gasteiger partial charge is 0.309 e. The van der Waals surface area contributed by atoms with Crippen molar-refractivity contribution in [2.24, 2.45) is 0 Å². The van der Waals surface area contributed by atoms with E-state index in [4.69, 9.17) is 0 Å². The third-order valence-electron chi connectivity index (χ3n) is 3.66. The van der Waals surface area contributed by atoms with Crippen molar-refractivity contribution >= 4 is 11.8 Å². The summed E-state index contributed by atoms with van der Waals surface area (Å²) in [7, 11) is 0. The summed E-state index contributed by atoms with van der Waals surface area (Å²) in [5.74, 6) is 1.36. The van der Waals surface area contributed by atoms with Gasteiger partial charge in [0.05, 0.1) is 0 Å². The molecule has 2 unspecified atom stereocenters. The van der Waals surface area contributed by atoms with Crippen LogP contribution < -0.4 is 5.32 Å². The van der Waals surface area contributed by atoms with Crippen molar-refractivity contribution < 1.29 is 0 Å². The van der Waals surface area contributed by atoms with Crippen LogP contribution in [0.1, 0.15) is 50.6 Å². The Labute approximate surface area is 116 Å². The summed E-state index contributed by atoms with van der Waals surface area (Å²) in [6.07, 6.45) is 6.65. The predicted octanol–water partition coefficient (Wildman–Crippen LogP) is 4.40. The molecule has 0 amide bonds. The highest BCUT2D eigenvalue weighted by atomic mass is 32.2. The number of hydrogen-bond donors (Lipinski definition) is 1. The number of nitrogens with one attached hydrogen (secondary N) is 1. The third kappa shape index (κ3) is 4.33. The van der Waals surface area contributed by atoms with E-state index in [2.05, 4.69) is 54.3 Å². The van der Waals surface area contributed by atoms with Crippen LogP contribution in [-0.4, -0.2) is 17.5 Å². The highest BCUT2D eigenvalue weighted by Crippen LogP contribution is 2.27. The summed E-state index contributed by atoms with van der Waals surface area (Å²) < 4.78 is 0. The highest BCUT2D eigenvalue weighted by molar-refractivity contribution is 8.00. The van der Waals surface area contributed by atoms with Crippen LogP contribution in [0.5, 0.6) is 0 Å². The molecule has 1 saturated heterocycles. The molecule has 0 aromatic heterocycles. The zero-order chi connectivity index (χ0) is 12.6. The van der Waals surface area contributed by atoms with Gasteiger partial charge < -0.3 is 5.32 Å². The fourth-order valence-corrected chi connectivity index (χ4v) is 3.77. The lowest BCUT2D eigenvalue weighted by Gasteiger charge is -2.21. The van der Waals surface area contributed by atoms with Gasteiger partial charge in [-0.15, -0.1) is 0 Å². The number of benzene rings is 1. The summed E-state index contributed by atoms with van der Waals surface area (Å²) in [5.41, 5.74) is 1.45. The second-order valence-electron chi connectivity index (χ2n) is 5.15. The van der Waals surface area contributed by atoms with Gasteiger partial charge in [-0.2, -0.15) is 11.8 Å². The van der Waals surface area contributed by atoms with Crippen molar-refractivity contribution in [2.75, 3.05) is 12.3 Å². The Bertz CT molecular complexity index is 319. The number of unbranched alkanes of at least 4 members (excludes halogenated alkanes) is 1. The van der Waals surface area contributed by atoms with E-state index >= 15 is 0 Å². The lowest BCUT2D eigenvalue weighted by atomic mass is 10.0. The van der Waals surface area contributed by atoms with Crippen molar-refractivity contribution in [3.8, 4) is 0 Å². The van der Waals surface area contributed by atoms with Gasteiger partial charge in [0.25, 0.3) is 0 Å². The quantitative estimate of drug-likeness (QED) is 0.782. The van der Waals surface area contributed by atoms with E-state index in [0.29, 0.717) is 6.04 Å². The molecule has 2 rings (SSSR count). The lowest BCUT2D eigenvalue weighted by Crippen LogP contribution is -2.28. The molecule has 1 aliphatic rings. The van der Waals surface area contributed by atoms with Gasteiger partial charge in [-0.3, -0.25) is 0 Å². The van der Waals surface area contributed by atoms with Crippen molar-refractivity contribution in [1.82, 2.24) is 5.32 Å². The van der Waals surface area contributed by atoms with Gasteiger partial charge in [-0.25, -0.2) is 0 Å². The molecule has 100 valence electrons. The number of hydrogen-bond acceptors (Lipinski definition) is 2. The zero-order valence-corrected chi connectivity index (χ0v) is 12.2. The first-order valence-corrected chi connectivity index (χ1v) is 8.35. The van der Waals surface area contributed by atoms with E-state index in [1.54, 1.807) is 0 Å². The molecule has 0 radical (unpaired) electrons. The fourth-order valence-electron chi connectivity index (χ4n) is 2.56. The minimum Gasteiger partial charge on any atom is -0.309 e. The van der Waals surface area contributed by atoms with Crippen LogP contribution in [0, 0.1) is 0 Å². The fraction of sp³-hybridized carbons (Fsp3) is 0.625. The van der Waals surface area contributed by atoms with Crippen molar-refractivity contribution in [2.45, 2.75) is 50.3 Å². The molecule has 1 aromatic rings.